The first-order valence-electron chi connectivity index (χ1n) is 9.68. The molecule has 0 aliphatic heterocycles. The Morgan fingerprint density at radius 3 is 2.22 bits per heavy atom. The lowest BCUT2D eigenvalue weighted by molar-refractivity contribution is 0.458. The number of benzene rings is 3. The molecule has 2 aromatic heterocycles. The molecule has 156 valence electrons. The van der Waals surface area contributed by atoms with E-state index >= 15 is 0 Å². The summed E-state index contributed by atoms with van der Waals surface area (Å²) in [5.41, 5.74) is 5.98. The SMILES string of the molecule is Oc1nc(/C(=N/Nc2ccccc2)c2nc3ccccc3s2)sc1N=Nc1ccccc1. The Hall–Kier alpha value is -3.95. The summed E-state index contributed by atoms with van der Waals surface area (Å²) in [7, 11) is 0. The summed E-state index contributed by atoms with van der Waals surface area (Å²) in [6, 6.07) is 26.8. The van der Waals surface area contributed by atoms with Gasteiger partial charge in [0, 0.05) is 0 Å². The molecule has 0 saturated carbocycles. The van der Waals surface area contributed by atoms with Crippen LogP contribution in [0.3, 0.4) is 0 Å². The molecular formula is C23H16N6OS2. The fourth-order valence-corrected chi connectivity index (χ4v) is 4.66. The Balaban J connectivity index is 1.53. The summed E-state index contributed by atoms with van der Waals surface area (Å²) >= 11 is 2.71. The highest BCUT2D eigenvalue weighted by molar-refractivity contribution is 7.22. The fraction of sp³-hybridized carbons (Fsp3) is 0. The highest BCUT2D eigenvalue weighted by Crippen LogP contribution is 2.36. The van der Waals surface area contributed by atoms with Crippen LogP contribution in [0, 0.1) is 0 Å². The number of aromatic nitrogens is 2. The van der Waals surface area contributed by atoms with Gasteiger partial charge in [-0.2, -0.15) is 10.1 Å². The van der Waals surface area contributed by atoms with Crippen molar-refractivity contribution in [2.75, 3.05) is 5.43 Å². The maximum atomic E-state index is 10.4. The molecule has 5 rings (SSSR count). The Morgan fingerprint density at radius 2 is 1.44 bits per heavy atom. The van der Waals surface area contributed by atoms with Crippen molar-refractivity contribution in [2.45, 2.75) is 0 Å². The first-order chi connectivity index (χ1) is 15.8. The minimum atomic E-state index is -0.196. The molecule has 7 nitrogen and oxygen atoms in total. The van der Waals surface area contributed by atoms with Crippen LogP contribution in [0.15, 0.2) is 100 Å². The van der Waals surface area contributed by atoms with Crippen LogP contribution in [0.1, 0.15) is 10.0 Å². The molecule has 9 heteroatoms. The van der Waals surface area contributed by atoms with Crippen molar-refractivity contribution in [1.82, 2.24) is 9.97 Å². The van der Waals surface area contributed by atoms with Crippen molar-refractivity contribution in [2.24, 2.45) is 15.3 Å². The van der Waals surface area contributed by atoms with Gasteiger partial charge < -0.3 is 5.11 Å². The highest BCUT2D eigenvalue weighted by atomic mass is 32.1. The third-order valence-corrected chi connectivity index (χ3v) is 6.35. The van der Waals surface area contributed by atoms with E-state index in [1.165, 1.54) is 22.7 Å². The van der Waals surface area contributed by atoms with E-state index in [1.807, 2.05) is 84.9 Å². The van der Waals surface area contributed by atoms with Crippen LogP contribution in [-0.4, -0.2) is 20.8 Å². The molecule has 0 spiro atoms. The van der Waals surface area contributed by atoms with Gasteiger partial charge in [-0.15, -0.1) is 21.6 Å². The first-order valence-corrected chi connectivity index (χ1v) is 11.3. The Kier molecular flexibility index (Phi) is 5.65. The third-order valence-electron chi connectivity index (χ3n) is 4.37. The van der Waals surface area contributed by atoms with Gasteiger partial charge in [0.15, 0.2) is 10.7 Å². The summed E-state index contributed by atoms with van der Waals surface area (Å²) in [6.07, 6.45) is 0. The van der Waals surface area contributed by atoms with Gasteiger partial charge in [0.2, 0.25) is 5.00 Å². The number of hydrogen-bond acceptors (Lipinski definition) is 9. The fourth-order valence-electron chi connectivity index (χ4n) is 2.86. The molecule has 3 aromatic carbocycles. The van der Waals surface area contributed by atoms with Gasteiger partial charge in [0.1, 0.15) is 5.01 Å². The Labute approximate surface area is 191 Å². The summed E-state index contributed by atoms with van der Waals surface area (Å²) < 4.78 is 1.04. The van der Waals surface area contributed by atoms with Crippen molar-refractivity contribution in [1.29, 1.82) is 0 Å². The van der Waals surface area contributed by atoms with E-state index in [9.17, 15) is 5.11 Å². The summed E-state index contributed by atoms with van der Waals surface area (Å²) in [6.45, 7) is 0. The van der Waals surface area contributed by atoms with Crippen LogP contribution < -0.4 is 5.43 Å². The van der Waals surface area contributed by atoms with Crippen LogP contribution >= 0.6 is 22.7 Å². The Morgan fingerprint density at radius 1 is 0.750 bits per heavy atom. The van der Waals surface area contributed by atoms with Gasteiger partial charge in [-0.3, -0.25) is 5.43 Å². The molecule has 0 fully saturated rings. The van der Waals surface area contributed by atoms with Gasteiger partial charge in [-0.1, -0.05) is 59.9 Å². The second-order valence-electron chi connectivity index (χ2n) is 6.61. The molecule has 0 bridgehead atoms. The predicted octanol–water partition coefficient (Wildman–Crippen LogP) is 6.74. The van der Waals surface area contributed by atoms with Crippen LogP contribution in [0.25, 0.3) is 10.2 Å². The lowest BCUT2D eigenvalue weighted by Crippen LogP contribution is -2.05. The largest absolute Gasteiger partial charge is 0.491 e. The summed E-state index contributed by atoms with van der Waals surface area (Å²) in [5.74, 6) is -0.196. The van der Waals surface area contributed by atoms with Crippen LogP contribution in [-0.2, 0) is 0 Å². The predicted molar refractivity (Wildman–Crippen MR) is 130 cm³/mol. The molecule has 0 amide bonds. The van der Waals surface area contributed by atoms with E-state index in [0.717, 1.165) is 15.9 Å². The number of thiazole rings is 2. The highest BCUT2D eigenvalue weighted by Gasteiger charge is 2.20. The van der Waals surface area contributed by atoms with Gasteiger partial charge in [0.05, 0.1) is 21.6 Å². The summed E-state index contributed by atoms with van der Waals surface area (Å²) in [5, 5.41) is 24.8. The van der Waals surface area contributed by atoms with Crippen molar-refractivity contribution in [3.8, 4) is 5.88 Å². The van der Waals surface area contributed by atoms with Crippen LogP contribution in [0.4, 0.5) is 16.4 Å². The third kappa shape index (κ3) is 4.39. The van der Waals surface area contributed by atoms with Crippen molar-refractivity contribution in [3.63, 3.8) is 0 Å². The van der Waals surface area contributed by atoms with Crippen molar-refractivity contribution in [3.05, 3.63) is 94.9 Å². The minimum absolute atomic E-state index is 0.196. The maximum Gasteiger partial charge on any atom is 0.251 e. The summed E-state index contributed by atoms with van der Waals surface area (Å²) in [4.78, 5) is 9.01. The first kappa shape index (κ1) is 20.0. The van der Waals surface area contributed by atoms with Gasteiger partial charge in [-0.05, 0) is 36.4 Å². The van der Waals surface area contributed by atoms with Gasteiger partial charge in [0.25, 0.3) is 5.88 Å². The number of aromatic hydroxyl groups is 1. The Bertz CT molecular complexity index is 1380. The van der Waals surface area contributed by atoms with Gasteiger partial charge in [-0.25, -0.2) is 4.98 Å². The smallest absolute Gasteiger partial charge is 0.251 e. The molecule has 0 saturated heterocycles. The zero-order valence-electron chi connectivity index (χ0n) is 16.6. The average molecular weight is 457 g/mol. The number of hydrazone groups is 1. The zero-order chi connectivity index (χ0) is 21.8. The standard InChI is InChI=1S/C23H16N6OS2/c30-20-23(29-27-16-11-5-2-6-12-16)32-22(25-20)19(28-26-15-9-3-1-4-10-15)21-24-17-13-7-8-14-18(17)31-21/h1-14,26,30H/b28-19+,29-27?. The monoisotopic (exact) mass is 456 g/mol. The molecule has 0 atom stereocenters. The molecule has 5 aromatic rings. The molecule has 32 heavy (non-hydrogen) atoms. The number of anilines is 1. The lowest BCUT2D eigenvalue weighted by Gasteiger charge is -2.02. The lowest BCUT2D eigenvalue weighted by atomic mass is 10.3. The van der Waals surface area contributed by atoms with Gasteiger partial charge >= 0.3 is 0 Å². The number of azo groups is 1. The molecular weight excluding hydrogens is 440 g/mol. The number of rotatable bonds is 6. The van der Waals surface area contributed by atoms with Crippen molar-refractivity contribution < 1.29 is 5.11 Å². The van der Waals surface area contributed by atoms with E-state index in [2.05, 4.69) is 25.7 Å². The molecule has 0 aliphatic carbocycles. The van der Waals surface area contributed by atoms with E-state index in [0.29, 0.717) is 26.4 Å². The maximum absolute atomic E-state index is 10.4. The second-order valence-corrected chi connectivity index (χ2v) is 8.62. The minimum Gasteiger partial charge on any atom is -0.491 e. The number of nitrogens with zero attached hydrogens (tertiary/aromatic N) is 5. The zero-order valence-corrected chi connectivity index (χ0v) is 18.2. The van der Waals surface area contributed by atoms with E-state index in [-0.39, 0.29) is 5.88 Å². The topological polar surface area (TPSA) is 95.1 Å². The van der Waals surface area contributed by atoms with E-state index < -0.39 is 0 Å². The van der Waals surface area contributed by atoms with Crippen molar-refractivity contribution >= 4 is 55.0 Å². The van der Waals surface area contributed by atoms with Crippen LogP contribution in [0.2, 0.25) is 0 Å². The number of para-hydroxylation sites is 2. The molecule has 2 N–H and O–H groups in total. The molecule has 2 heterocycles. The second kappa shape index (κ2) is 9.04. The average Bonchev–Trinajstić information content (AvgIpc) is 3.42. The van der Waals surface area contributed by atoms with E-state index in [1.54, 1.807) is 0 Å². The quantitative estimate of drug-likeness (QED) is 0.168. The van der Waals surface area contributed by atoms with E-state index in [4.69, 9.17) is 4.98 Å². The molecule has 0 aliphatic rings. The number of nitrogens with one attached hydrogen (secondary N) is 1. The van der Waals surface area contributed by atoms with Crippen LogP contribution in [0.5, 0.6) is 5.88 Å². The number of hydrogen-bond donors (Lipinski definition) is 2. The number of fused-ring (bicyclic) bond motifs is 1. The molecule has 0 radical (unpaired) electrons. The molecule has 0 unspecified atom stereocenters. The normalized spacial score (nSPS) is 11.9.